The molecule has 0 nitrogen and oxygen atoms in total. The van der Waals surface area contributed by atoms with Crippen molar-refractivity contribution in [1.29, 1.82) is 0 Å². The largest absolute Gasteiger partial charge is 0.0654 e. The molecule has 0 bridgehead atoms. The van der Waals surface area contributed by atoms with Crippen LogP contribution in [0.1, 0.15) is 53.4 Å². The molecule has 0 aromatic heterocycles. The lowest BCUT2D eigenvalue weighted by molar-refractivity contribution is 0.307. The fourth-order valence-electron chi connectivity index (χ4n) is 2.45. The first-order chi connectivity index (χ1) is 5.15. The topological polar surface area (TPSA) is 0 Å². The minimum absolute atomic E-state index is 0.727. The van der Waals surface area contributed by atoms with Gasteiger partial charge in [-0.05, 0) is 23.7 Å². The number of hydrogen-bond donors (Lipinski definition) is 0. The first-order valence-corrected chi connectivity index (χ1v) is 5.15. The summed E-state index contributed by atoms with van der Waals surface area (Å²) in [5, 5.41) is 0. The molecule has 0 radical (unpaired) electrons. The highest BCUT2D eigenvalue weighted by atomic mass is 14.6. The molecular weight excluding hydrogens is 132 g/mol. The minimum atomic E-state index is 0.727. The van der Waals surface area contributed by atoms with Crippen molar-refractivity contribution in [3.8, 4) is 0 Å². The van der Waals surface area contributed by atoms with Crippen LogP contribution in [0, 0.1) is 17.3 Å². The Bertz CT molecular complexity index is 128. The highest BCUT2D eigenvalue weighted by Crippen LogP contribution is 2.59. The van der Waals surface area contributed by atoms with E-state index >= 15 is 0 Å². The van der Waals surface area contributed by atoms with Crippen molar-refractivity contribution in [2.75, 3.05) is 0 Å². The summed E-state index contributed by atoms with van der Waals surface area (Å²) in [5.74, 6) is 2.00. The van der Waals surface area contributed by atoms with Gasteiger partial charge in [0.15, 0.2) is 0 Å². The van der Waals surface area contributed by atoms with Crippen LogP contribution in [0.3, 0.4) is 0 Å². The van der Waals surface area contributed by atoms with Gasteiger partial charge in [0.05, 0.1) is 0 Å². The summed E-state index contributed by atoms with van der Waals surface area (Å²) in [6, 6.07) is 0. The maximum atomic E-state index is 2.47. The molecule has 0 heterocycles. The Morgan fingerprint density at radius 2 is 2.09 bits per heavy atom. The quantitative estimate of drug-likeness (QED) is 0.577. The van der Waals surface area contributed by atoms with E-state index in [0.29, 0.717) is 0 Å². The van der Waals surface area contributed by atoms with E-state index in [2.05, 4.69) is 27.7 Å². The molecule has 1 aliphatic carbocycles. The lowest BCUT2D eigenvalue weighted by Crippen LogP contribution is -2.10. The Morgan fingerprint density at radius 3 is 2.45 bits per heavy atom. The molecule has 1 aliphatic rings. The first kappa shape index (κ1) is 9.09. The standard InChI is InChI=1S/C11H22/c1-5-7-9(3)11(4)8-10(11)6-2/h9-10H,5-8H2,1-4H3. The molecule has 1 rings (SSSR count). The Labute approximate surface area is 71.4 Å². The molecule has 1 fully saturated rings. The van der Waals surface area contributed by atoms with Crippen LogP contribution in [-0.2, 0) is 0 Å². The van der Waals surface area contributed by atoms with Gasteiger partial charge < -0.3 is 0 Å². The summed E-state index contributed by atoms with van der Waals surface area (Å²) in [6.45, 7) is 9.53. The Kier molecular flexibility index (Phi) is 2.61. The molecule has 3 atom stereocenters. The van der Waals surface area contributed by atoms with Crippen LogP contribution in [0.4, 0.5) is 0 Å². The molecule has 0 N–H and O–H groups in total. The molecule has 66 valence electrons. The van der Waals surface area contributed by atoms with Crippen molar-refractivity contribution < 1.29 is 0 Å². The van der Waals surface area contributed by atoms with Crippen molar-refractivity contribution >= 4 is 0 Å². The smallest absolute Gasteiger partial charge is 0.0269 e. The zero-order valence-electron chi connectivity index (χ0n) is 8.48. The second-order valence-electron chi connectivity index (χ2n) is 4.50. The fraction of sp³-hybridized carbons (Fsp3) is 1.00. The zero-order valence-corrected chi connectivity index (χ0v) is 8.48. The van der Waals surface area contributed by atoms with Gasteiger partial charge in [-0.1, -0.05) is 47.0 Å². The van der Waals surface area contributed by atoms with Crippen molar-refractivity contribution in [2.24, 2.45) is 17.3 Å². The summed E-state index contributed by atoms with van der Waals surface area (Å²) in [4.78, 5) is 0. The van der Waals surface area contributed by atoms with Gasteiger partial charge in [-0.2, -0.15) is 0 Å². The van der Waals surface area contributed by atoms with E-state index in [1.165, 1.54) is 25.7 Å². The molecule has 0 amide bonds. The van der Waals surface area contributed by atoms with Gasteiger partial charge in [0.2, 0.25) is 0 Å². The second-order valence-corrected chi connectivity index (χ2v) is 4.50. The molecule has 1 saturated carbocycles. The second kappa shape index (κ2) is 3.16. The minimum Gasteiger partial charge on any atom is -0.0654 e. The molecule has 0 aromatic rings. The van der Waals surface area contributed by atoms with E-state index in [1.807, 2.05) is 0 Å². The van der Waals surface area contributed by atoms with Crippen LogP contribution in [0.5, 0.6) is 0 Å². The highest BCUT2D eigenvalue weighted by molar-refractivity contribution is 5.00. The van der Waals surface area contributed by atoms with Gasteiger partial charge in [0.1, 0.15) is 0 Å². The Hall–Kier alpha value is 0. The lowest BCUT2D eigenvalue weighted by Gasteiger charge is -2.19. The summed E-state index contributed by atoms with van der Waals surface area (Å²) < 4.78 is 0. The van der Waals surface area contributed by atoms with Crippen molar-refractivity contribution in [3.63, 3.8) is 0 Å². The third-order valence-corrected chi connectivity index (χ3v) is 3.80. The summed E-state index contributed by atoms with van der Waals surface area (Å²) in [7, 11) is 0. The zero-order chi connectivity index (χ0) is 8.48. The Morgan fingerprint density at radius 1 is 1.45 bits per heavy atom. The van der Waals surface area contributed by atoms with Crippen molar-refractivity contribution in [2.45, 2.75) is 53.4 Å². The fourth-order valence-corrected chi connectivity index (χ4v) is 2.45. The van der Waals surface area contributed by atoms with E-state index in [4.69, 9.17) is 0 Å². The third-order valence-electron chi connectivity index (χ3n) is 3.80. The summed E-state index contributed by atoms with van der Waals surface area (Å²) >= 11 is 0. The maximum absolute atomic E-state index is 2.47. The summed E-state index contributed by atoms with van der Waals surface area (Å²) in [5.41, 5.74) is 0.727. The van der Waals surface area contributed by atoms with Crippen molar-refractivity contribution in [3.05, 3.63) is 0 Å². The average Bonchev–Trinajstić information content (AvgIpc) is 2.64. The van der Waals surface area contributed by atoms with E-state index in [9.17, 15) is 0 Å². The number of rotatable bonds is 4. The van der Waals surface area contributed by atoms with Gasteiger partial charge in [-0.25, -0.2) is 0 Å². The van der Waals surface area contributed by atoms with Gasteiger partial charge in [0, 0.05) is 0 Å². The predicted octanol–water partition coefficient (Wildman–Crippen LogP) is 3.86. The van der Waals surface area contributed by atoms with Gasteiger partial charge in [-0.3, -0.25) is 0 Å². The van der Waals surface area contributed by atoms with Gasteiger partial charge >= 0.3 is 0 Å². The average molecular weight is 154 g/mol. The normalized spacial score (nSPS) is 38.7. The Balaban J connectivity index is 2.36. The van der Waals surface area contributed by atoms with E-state index in [-0.39, 0.29) is 0 Å². The van der Waals surface area contributed by atoms with Gasteiger partial charge in [-0.15, -0.1) is 0 Å². The lowest BCUT2D eigenvalue weighted by atomic mass is 9.86. The predicted molar refractivity (Wildman–Crippen MR) is 50.6 cm³/mol. The van der Waals surface area contributed by atoms with Crippen LogP contribution >= 0.6 is 0 Å². The van der Waals surface area contributed by atoms with Crippen LogP contribution in [0.25, 0.3) is 0 Å². The monoisotopic (exact) mass is 154 g/mol. The van der Waals surface area contributed by atoms with Crippen LogP contribution in [-0.4, -0.2) is 0 Å². The van der Waals surface area contributed by atoms with Gasteiger partial charge in [0.25, 0.3) is 0 Å². The molecule has 0 aromatic carbocycles. The molecule has 0 spiro atoms. The first-order valence-electron chi connectivity index (χ1n) is 5.15. The third kappa shape index (κ3) is 1.60. The SMILES string of the molecule is CCCC(C)C1(C)CC1CC. The molecule has 0 heteroatoms. The van der Waals surface area contributed by atoms with E-state index < -0.39 is 0 Å². The summed E-state index contributed by atoms with van der Waals surface area (Å²) in [6.07, 6.45) is 5.66. The molecule has 11 heavy (non-hydrogen) atoms. The molecule has 0 aliphatic heterocycles. The molecular formula is C11H22. The van der Waals surface area contributed by atoms with Crippen LogP contribution in [0.2, 0.25) is 0 Å². The molecule has 0 saturated heterocycles. The number of hydrogen-bond acceptors (Lipinski definition) is 0. The highest BCUT2D eigenvalue weighted by Gasteiger charge is 2.51. The van der Waals surface area contributed by atoms with E-state index in [1.54, 1.807) is 0 Å². The van der Waals surface area contributed by atoms with E-state index in [0.717, 1.165) is 17.3 Å². The van der Waals surface area contributed by atoms with Crippen molar-refractivity contribution in [1.82, 2.24) is 0 Å². The molecule has 3 unspecified atom stereocenters. The van der Waals surface area contributed by atoms with Crippen LogP contribution in [0.15, 0.2) is 0 Å². The van der Waals surface area contributed by atoms with Crippen LogP contribution < -0.4 is 0 Å². The maximum Gasteiger partial charge on any atom is -0.0269 e.